The van der Waals surface area contributed by atoms with E-state index < -0.39 is 6.09 Å². The molecule has 1 heterocycles. The van der Waals surface area contributed by atoms with Crippen LogP contribution in [0, 0.1) is 0 Å². The molecule has 2 amide bonds. The Morgan fingerprint density at radius 1 is 1.35 bits per heavy atom. The summed E-state index contributed by atoms with van der Waals surface area (Å²) in [6.07, 6.45) is -0.590. The highest BCUT2D eigenvalue weighted by atomic mass is 35.5. The lowest BCUT2D eigenvalue weighted by atomic mass is 10.3. The SMILES string of the molecule is COc1nc(Cl)ccc1CNC(=O)OCCNC(C)=O. The zero-order valence-corrected chi connectivity index (χ0v) is 12.0. The molecule has 1 aromatic rings. The van der Waals surface area contributed by atoms with Crippen LogP contribution in [0.15, 0.2) is 12.1 Å². The van der Waals surface area contributed by atoms with Gasteiger partial charge in [0, 0.05) is 12.5 Å². The summed E-state index contributed by atoms with van der Waals surface area (Å²) < 4.78 is 9.91. The van der Waals surface area contributed by atoms with E-state index in [2.05, 4.69) is 15.6 Å². The summed E-state index contributed by atoms with van der Waals surface area (Å²) in [5.41, 5.74) is 0.677. The van der Waals surface area contributed by atoms with Crippen molar-refractivity contribution in [3.63, 3.8) is 0 Å². The van der Waals surface area contributed by atoms with Gasteiger partial charge in [0.15, 0.2) is 0 Å². The first kappa shape index (κ1) is 16.0. The van der Waals surface area contributed by atoms with Crippen molar-refractivity contribution in [2.24, 2.45) is 0 Å². The van der Waals surface area contributed by atoms with Crippen LogP contribution in [-0.4, -0.2) is 37.2 Å². The molecule has 0 atom stereocenters. The molecule has 0 saturated heterocycles. The Hall–Kier alpha value is -2.02. The topological polar surface area (TPSA) is 89.6 Å². The maximum atomic E-state index is 11.4. The van der Waals surface area contributed by atoms with Gasteiger partial charge in [0.1, 0.15) is 11.8 Å². The summed E-state index contributed by atoms with van der Waals surface area (Å²) in [4.78, 5) is 26.0. The number of hydrogen-bond donors (Lipinski definition) is 2. The number of pyridine rings is 1. The molecule has 0 aliphatic rings. The van der Waals surface area contributed by atoms with Gasteiger partial charge >= 0.3 is 6.09 Å². The third-order valence-corrected chi connectivity index (χ3v) is 2.44. The van der Waals surface area contributed by atoms with Gasteiger partial charge in [-0.1, -0.05) is 11.6 Å². The number of aromatic nitrogens is 1. The van der Waals surface area contributed by atoms with Crippen molar-refractivity contribution in [2.45, 2.75) is 13.5 Å². The number of methoxy groups -OCH3 is 1. The molecular weight excluding hydrogens is 286 g/mol. The number of rotatable bonds is 6. The standard InChI is InChI=1S/C12H16ClN3O4/c1-8(17)14-5-6-20-12(18)15-7-9-3-4-10(13)16-11(9)19-2/h3-4H,5-7H2,1-2H3,(H,14,17)(H,15,18). The van der Waals surface area contributed by atoms with Gasteiger partial charge in [-0.2, -0.15) is 0 Å². The maximum absolute atomic E-state index is 11.4. The minimum Gasteiger partial charge on any atom is -0.481 e. The van der Waals surface area contributed by atoms with Crippen LogP contribution in [0.25, 0.3) is 0 Å². The number of nitrogens with one attached hydrogen (secondary N) is 2. The van der Waals surface area contributed by atoms with Gasteiger partial charge in [0.25, 0.3) is 0 Å². The minimum absolute atomic E-state index is 0.0986. The molecule has 0 radical (unpaired) electrons. The van der Waals surface area contributed by atoms with Gasteiger partial charge in [-0.25, -0.2) is 9.78 Å². The molecule has 110 valence electrons. The average molecular weight is 302 g/mol. The van der Waals surface area contributed by atoms with Crippen LogP contribution in [0.3, 0.4) is 0 Å². The molecule has 0 fully saturated rings. The van der Waals surface area contributed by atoms with E-state index in [0.29, 0.717) is 16.6 Å². The Bertz CT molecular complexity index is 482. The van der Waals surface area contributed by atoms with Crippen LogP contribution in [0.2, 0.25) is 5.15 Å². The minimum atomic E-state index is -0.590. The zero-order chi connectivity index (χ0) is 15.0. The smallest absolute Gasteiger partial charge is 0.407 e. The van der Waals surface area contributed by atoms with Crippen LogP contribution in [0.4, 0.5) is 4.79 Å². The number of alkyl carbamates (subject to hydrolysis) is 1. The molecule has 0 aliphatic carbocycles. The van der Waals surface area contributed by atoms with Crippen molar-refractivity contribution >= 4 is 23.6 Å². The van der Waals surface area contributed by atoms with Crippen LogP contribution in [-0.2, 0) is 16.1 Å². The second-order valence-corrected chi connectivity index (χ2v) is 4.16. The molecule has 2 N–H and O–H groups in total. The molecule has 1 aromatic heterocycles. The molecule has 0 unspecified atom stereocenters. The van der Waals surface area contributed by atoms with Crippen molar-refractivity contribution in [1.82, 2.24) is 15.6 Å². The van der Waals surface area contributed by atoms with Crippen LogP contribution >= 0.6 is 11.6 Å². The molecule has 0 spiro atoms. The van der Waals surface area contributed by atoms with E-state index in [4.69, 9.17) is 21.1 Å². The number of nitrogens with zero attached hydrogens (tertiary/aromatic N) is 1. The second kappa shape index (κ2) is 8.21. The molecule has 7 nitrogen and oxygen atoms in total. The van der Waals surface area contributed by atoms with Gasteiger partial charge in [-0.05, 0) is 12.1 Å². The second-order valence-electron chi connectivity index (χ2n) is 3.77. The van der Waals surface area contributed by atoms with Crippen molar-refractivity contribution in [1.29, 1.82) is 0 Å². The lowest BCUT2D eigenvalue weighted by molar-refractivity contribution is -0.119. The predicted molar refractivity (Wildman–Crippen MR) is 72.7 cm³/mol. The van der Waals surface area contributed by atoms with Crippen LogP contribution in [0.1, 0.15) is 12.5 Å². The van der Waals surface area contributed by atoms with Gasteiger partial charge < -0.3 is 20.1 Å². The molecule has 8 heteroatoms. The summed E-state index contributed by atoms with van der Waals surface area (Å²) >= 11 is 5.73. The fourth-order valence-corrected chi connectivity index (χ4v) is 1.49. The average Bonchev–Trinajstić information content (AvgIpc) is 2.41. The van der Waals surface area contributed by atoms with Crippen molar-refractivity contribution in [3.05, 3.63) is 22.8 Å². The van der Waals surface area contributed by atoms with Crippen LogP contribution < -0.4 is 15.4 Å². The Labute approximate surface area is 121 Å². The normalized spacial score (nSPS) is 9.75. The Morgan fingerprint density at radius 2 is 2.10 bits per heavy atom. The van der Waals surface area contributed by atoms with Gasteiger partial charge in [0.05, 0.1) is 20.2 Å². The largest absolute Gasteiger partial charge is 0.481 e. The van der Waals surface area contributed by atoms with Crippen molar-refractivity contribution < 1.29 is 19.1 Å². The Balaban J connectivity index is 2.35. The fourth-order valence-electron chi connectivity index (χ4n) is 1.35. The van der Waals surface area contributed by atoms with E-state index in [1.54, 1.807) is 12.1 Å². The van der Waals surface area contributed by atoms with E-state index in [0.717, 1.165) is 0 Å². The van der Waals surface area contributed by atoms with E-state index >= 15 is 0 Å². The summed E-state index contributed by atoms with van der Waals surface area (Å²) in [5, 5.41) is 5.36. The van der Waals surface area contributed by atoms with Gasteiger partial charge in [0.2, 0.25) is 11.8 Å². The fraction of sp³-hybridized carbons (Fsp3) is 0.417. The van der Waals surface area contributed by atoms with Gasteiger partial charge in [-0.15, -0.1) is 0 Å². The Morgan fingerprint density at radius 3 is 2.75 bits per heavy atom. The van der Waals surface area contributed by atoms with Crippen molar-refractivity contribution in [3.8, 4) is 5.88 Å². The summed E-state index contributed by atoms with van der Waals surface area (Å²) in [6.45, 7) is 1.96. The molecule has 1 rings (SSSR count). The monoisotopic (exact) mass is 301 g/mol. The molecule has 20 heavy (non-hydrogen) atoms. The van der Waals surface area contributed by atoms with E-state index in [9.17, 15) is 9.59 Å². The number of halogens is 1. The summed E-state index contributed by atoms with van der Waals surface area (Å²) in [6, 6.07) is 3.30. The quantitative estimate of drug-likeness (QED) is 0.607. The first-order valence-corrected chi connectivity index (χ1v) is 6.25. The maximum Gasteiger partial charge on any atom is 0.407 e. The Kier molecular flexibility index (Phi) is 6.58. The number of carbonyl (C=O) groups is 2. The number of hydrogen-bond acceptors (Lipinski definition) is 5. The predicted octanol–water partition coefficient (Wildman–Crippen LogP) is 1.11. The number of ether oxygens (including phenoxy) is 2. The van der Waals surface area contributed by atoms with E-state index in [1.165, 1.54) is 14.0 Å². The van der Waals surface area contributed by atoms with E-state index in [1.807, 2.05) is 0 Å². The lowest BCUT2D eigenvalue weighted by Gasteiger charge is -2.09. The summed E-state index contributed by atoms with van der Waals surface area (Å²) in [5.74, 6) is 0.169. The molecular formula is C12H16ClN3O4. The van der Waals surface area contributed by atoms with Gasteiger partial charge in [-0.3, -0.25) is 4.79 Å². The van der Waals surface area contributed by atoms with Crippen LogP contribution in [0.5, 0.6) is 5.88 Å². The number of carbonyl (C=O) groups excluding carboxylic acids is 2. The lowest BCUT2D eigenvalue weighted by Crippen LogP contribution is -2.29. The zero-order valence-electron chi connectivity index (χ0n) is 11.2. The molecule has 0 aromatic carbocycles. The third kappa shape index (κ3) is 5.75. The summed E-state index contributed by atoms with van der Waals surface area (Å²) in [7, 11) is 1.47. The first-order valence-electron chi connectivity index (χ1n) is 5.87. The molecule has 0 bridgehead atoms. The molecule has 0 saturated carbocycles. The third-order valence-electron chi connectivity index (χ3n) is 2.23. The van der Waals surface area contributed by atoms with Crippen molar-refractivity contribution in [2.75, 3.05) is 20.3 Å². The highest BCUT2D eigenvalue weighted by Crippen LogP contribution is 2.18. The first-order chi connectivity index (χ1) is 9.52. The number of amides is 2. The highest BCUT2D eigenvalue weighted by Gasteiger charge is 2.08. The molecule has 0 aliphatic heterocycles. The highest BCUT2D eigenvalue weighted by molar-refractivity contribution is 6.29. The van der Waals surface area contributed by atoms with E-state index in [-0.39, 0.29) is 25.6 Å².